The molecule has 1 N–H and O–H groups in total. The number of carbonyl (C=O) groups is 1. The summed E-state index contributed by atoms with van der Waals surface area (Å²) in [6.45, 7) is 0. The maximum Gasteiger partial charge on any atom is 0.291 e. The van der Waals surface area contributed by atoms with Gasteiger partial charge in [0.15, 0.2) is 5.69 Å². The predicted molar refractivity (Wildman–Crippen MR) is 99.1 cm³/mol. The third-order valence-electron chi connectivity index (χ3n) is 3.53. The first-order chi connectivity index (χ1) is 12.2. The number of benzene rings is 2. The zero-order valence-electron chi connectivity index (χ0n) is 13.8. The van der Waals surface area contributed by atoms with Gasteiger partial charge < -0.3 is 0 Å². The molecule has 0 bridgehead atoms. The van der Waals surface area contributed by atoms with Gasteiger partial charge in [0.2, 0.25) is 0 Å². The van der Waals surface area contributed by atoms with E-state index in [2.05, 4.69) is 15.6 Å². The molecule has 124 valence electrons. The second kappa shape index (κ2) is 7.88. The molecule has 0 saturated heterocycles. The Balaban J connectivity index is 1.83. The molecule has 0 atom stereocenters. The number of allylic oxidation sites excluding steroid dienone is 1. The van der Waals surface area contributed by atoms with E-state index in [1.54, 1.807) is 24.0 Å². The van der Waals surface area contributed by atoms with Crippen molar-refractivity contribution in [3.05, 3.63) is 95.8 Å². The fourth-order valence-corrected chi connectivity index (χ4v) is 2.25. The van der Waals surface area contributed by atoms with Crippen molar-refractivity contribution < 1.29 is 4.79 Å². The zero-order valence-corrected chi connectivity index (χ0v) is 13.8. The minimum absolute atomic E-state index is 0.325. The number of aryl methyl sites for hydroxylation is 1. The summed E-state index contributed by atoms with van der Waals surface area (Å²) in [5.74, 6) is -0.345. The number of amides is 1. The standard InChI is InChI=1S/C20H18N4O/c1-24-15-14-19(23-24)20(25)22-21-18(17-10-6-3-7-11-17)13-12-16-8-4-2-5-9-16/h2-15H,1H3,(H,22,25). The number of hydrazone groups is 1. The van der Waals surface area contributed by atoms with Crippen LogP contribution >= 0.6 is 0 Å². The molecule has 5 heteroatoms. The van der Waals surface area contributed by atoms with Gasteiger partial charge in [-0.05, 0) is 17.7 Å². The summed E-state index contributed by atoms with van der Waals surface area (Å²) in [6.07, 6.45) is 5.55. The highest BCUT2D eigenvalue weighted by Gasteiger charge is 2.08. The summed E-state index contributed by atoms with van der Waals surface area (Å²) < 4.78 is 1.58. The molecule has 0 spiro atoms. The highest BCUT2D eigenvalue weighted by atomic mass is 16.2. The third-order valence-corrected chi connectivity index (χ3v) is 3.53. The van der Waals surface area contributed by atoms with Crippen LogP contribution < -0.4 is 5.43 Å². The molecule has 0 unspecified atom stereocenters. The Morgan fingerprint density at radius 2 is 1.72 bits per heavy atom. The van der Waals surface area contributed by atoms with Crippen LogP contribution in [-0.4, -0.2) is 21.4 Å². The van der Waals surface area contributed by atoms with E-state index in [9.17, 15) is 4.79 Å². The number of hydrogen-bond acceptors (Lipinski definition) is 3. The van der Waals surface area contributed by atoms with Crippen molar-refractivity contribution in [3.63, 3.8) is 0 Å². The highest BCUT2D eigenvalue weighted by molar-refractivity contribution is 6.11. The van der Waals surface area contributed by atoms with Gasteiger partial charge in [0.25, 0.3) is 5.91 Å². The molecule has 0 radical (unpaired) electrons. The van der Waals surface area contributed by atoms with E-state index >= 15 is 0 Å². The van der Waals surface area contributed by atoms with E-state index in [1.807, 2.05) is 72.8 Å². The molecule has 0 aliphatic carbocycles. The van der Waals surface area contributed by atoms with E-state index in [0.717, 1.165) is 11.1 Å². The summed E-state index contributed by atoms with van der Waals surface area (Å²) in [7, 11) is 1.76. The van der Waals surface area contributed by atoms with Gasteiger partial charge in [0.05, 0.1) is 5.71 Å². The monoisotopic (exact) mass is 330 g/mol. The lowest BCUT2D eigenvalue weighted by atomic mass is 10.1. The minimum atomic E-state index is -0.345. The summed E-state index contributed by atoms with van der Waals surface area (Å²) in [5, 5.41) is 8.35. The van der Waals surface area contributed by atoms with Gasteiger partial charge >= 0.3 is 0 Å². The van der Waals surface area contributed by atoms with Crippen LogP contribution in [0.15, 0.2) is 84.1 Å². The van der Waals surface area contributed by atoms with Gasteiger partial charge in [-0.2, -0.15) is 10.2 Å². The molecule has 5 nitrogen and oxygen atoms in total. The first-order valence-corrected chi connectivity index (χ1v) is 7.88. The molecule has 2 aromatic carbocycles. The second-order valence-electron chi connectivity index (χ2n) is 5.42. The zero-order chi connectivity index (χ0) is 17.5. The van der Waals surface area contributed by atoms with E-state index in [1.165, 1.54) is 0 Å². The fraction of sp³-hybridized carbons (Fsp3) is 0.0500. The lowest BCUT2D eigenvalue weighted by molar-refractivity contribution is 0.0949. The lowest BCUT2D eigenvalue weighted by Crippen LogP contribution is -2.20. The van der Waals surface area contributed by atoms with Gasteiger partial charge in [0, 0.05) is 18.8 Å². The largest absolute Gasteiger partial charge is 0.291 e. The first-order valence-electron chi connectivity index (χ1n) is 7.88. The van der Waals surface area contributed by atoms with E-state index in [0.29, 0.717) is 11.4 Å². The molecular weight excluding hydrogens is 312 g/mol. The van der Waals surface area contributed by atoms with E-state index in [4.69, 9.17) is 0 Å². The Morgan fingerprint density at radius 3 is 2.36 bits per heavy atom. The van der Waals surface area contributed by atoms with Crippen molar-refractivity contribution in [2.45, 2.75) is 0 Å². The van der Waals surface area contributed by atoms with Crippen LogP contribution in [0.1, 0.15) is 21.6 Å². The molecule has 3 aromatic rings. The van der Waals surface area contributed by atoms with Gasteiger partial charge in [-0.1, -0.05) is 66.7 Å². The quantitative estimate of drug-likeness (QED) is 0.576. The van der Waals surface area contributed by atoms with Crippen molar-refractivity contribution in [1.29, 1.82) is 0 Å². The summed E-state index contributed by atoms with van der Waals surface area (Å²) in [4.78, 5) is 12.1. The second-order valence-corrected chi connectivity index (χ2v) is 5.42. The average molecular weight is 330 g/mol. The highest BCUT2D eigenvalue weighted by Crippen LogP contribution is 2.07. The van der Waals surface area contributed by atoms with Crippen LogP contribution in [0.2, 0.25) is 0 Å². The van der Waals surface area contributed by atoms with Gasteiger partial charge in [-0.3, -0.25) is 9.48 Å². The molecule has 1 amide bonds. The molecule has 3 rings (SSSR count). The molecule has 25 heavy (non-hydrogen) atoms. The smallest absolute Gasteiger partial charge is 0.275 e. The van der Waals surface area contributed by atoms with Gasteiger partial charge in [0.1, 0.15) is 0 Å². The van der Waals surface area contributed by atoms with Crippen LogP contribution in [0.25, 0.3) is 6.08 Å². The molecule has 1 heterocycles. The van der Waals surface area contributed by atoms with Crippen LogP contribution in [0.4, 0.5) is 0 Å². The number of carbonyl (C=O) groups excluding carboxylic acids is 1. The normalized spacial score (nSPS) is 11.6. The fourth-order valence-electron chi connectivity index (χ4n) is 2.25. The Kier molecular flexibility index (Phi) is 5.16. The van der Waals surface area contributed by atoms with Crippen LogP contribution in [0.5, 0.6) is 0 Å². The van der Waals surface area contributed by atoms with Crippen LogP contribution in [0.3, 0.4) is 0 Å². The van der Waals surface area contributed by atoms with Gasteiger partial charge in [-0.25, -0.2) is 5.43 Å². The Labute approximate surface area is 146 Å². The average Bonchev–Trinajstić information content (AvgIpc) is 3.10. The summed E-state index contributed by atoms with van der Waals surface area (Å²) in [6, 6.07) is 21.3. The topological polar surface area (TPSA) is 59.3 Å². The van der Waals surface area contributed by atoms with E-state index in [-0.39, 0.29) is 5.91 Å². The van der Waals surface area contributed by atoms with Crippen molar-refractivity contribution in [3.8, 4) is 0 Å². The molecular formula is C20H18N4O. The Bertz CT molecular complexity index is 896. The number of nitrogens with zero attached hydrogens (tertiary/aromatic N) is 3. The lowest BCUT2D eigenvalue weighted by Gasteiger charge is -2.03. The molecule has 0 aliphatic heterocycles. The van der Waals surface area contributed by atoms with Crippen LogP contribution in [-0.2, 0) is 7.05 Å². The molecule has 0 aliphatic rings. The first kappa shape index (κ1) is 16.4. The van der Waals surface area contributed by atoms with E-state index < -0.39 is 0 Å². The number of aromatic nitrogens is 2. The number of rotatable bonds is 5. The van der Waals surface area contributed by atoms with Crippen molar-refractivity contribution in [1.82, 2.24) is 15.2 Å². The van der Waals surface area contributed by atoms with Crippen molar-refractivity contribution in [2.75, 3.05) is 0 Å². The van der Waals surface area contributed by atoms with Crippen LogP contribution in [0, 0.1) is 0 Å². The number of hydrogen-bond donors (Lipinski definition) is 1. The third kappa shape index (κ3) is 4.51. The van der Waals surface area contributed by atoms with Crippen molar-refractivity contribution in [2.24, 2.45) is 12.1 Å². The predicted octanol–water partition coefficient (Wildman–Crippen LogP) is 3.27. The van der Waals surface area contributed by atoms with Gasteiger partial charge in [-0.15, -0.1) is 0 Å². The molecule has 0 fully saturated rings. The summed E-state index contributed by atoms with van der Waals surface area (Å²) >= 11 is 0. The molecule has 1 aromatic heterocycles. The maximum atomic E-state index is 12.1. The Hall–Kier alpha value is -3.47. The summed E-state index contributed by atoms with van der Waals surface area (Å²) in [5.41, 5.74) is 5.53. The Morgan fingerprint density at radius 1 is 1.04 bits per heavy atom. The number of nitrogens with one attached hydrogen (secondary N) is 1. The maximum absolute atomic E-state index is 12.1. The minimum Gasteiger partial charge on any atom is -0.275 e. The van der Waals surface area contributed by atoms with Crippen molar-refractivity contribution >= 4 is 17.7 Å². The molecule has 0 saturated carbocycles. The SMILES string of the molecule is Cn1ccc(C(=O)NN=C(C=Cc2ccccc2)c2ccccc2)n1.